The van der Waals surface area contributed by atoms with Gasteiger partial charge in [0, 0.05) is 25.4 Å². The fourth-order valence-corrected chi connectivity index (χ4v) is 6.97. The summed E-state index contributed by atoms with van der Waals surface area (Å²) in [6, 6.07) is 11.1. The number of nitrogens with zero attached hydrogens (tertiary/aromatic N) is 2. The molecule has 2 atom stereocenters. The van der Waals surface area contributed by atoms with Gasteiger partial charge in [0.2, 0.25) is 10.0 Å². The number of rotatable bonds is 12. The van der Waals surface area contributed by atoms with Gasteiger partial charge in [0.05, 0.1) is 21.5 Å². The lowest BCUT2D eigenvalue weighted by molar-refractivity contribution is -0.153. The molecule has 2 fully saturated rings. The van der Waals surface area contributed by atoms with E-state index < -0.39 is 34.7 Å². The van der Waals surface area contributed by atoms with Gasteiger partial charge in [-0.3, -0.25) is 9.78 Å². The predicted octanol–water partition coefficient (Wildman–Crippen LogP) is 6.46. The van der Waals surface area contributed by atoms with Crippen molar-refractivity contribution in [2.45, 2.75) is 55.8 Å². The number of ether oxygens (including phenoxy) is 3. The van der Waals surface area contributed by atoms with E-state index in [1.54, 1.807) is 18.2 Å². The van der Waals surface area contributed by atoms with Crippen molar-refractivity contribution in [3.8, 4) is 11.5 Å². The third-order valence-electron chi connectivity index (χ3n) is 7.15. The first kappa shape index (κ1) is 30.5. The summed E-state index contributed by atoms with van der Waals surface area (Å²) in [7, 11) is -3.96. The molecule has 1 aliphatic heterocycles. The number of hydrogen-bond acceptors (Lipinski definition) is 7. The maximum absolute atomic E-state index is 13.6. The minimum Gasteiger partial charge on any atom is -0.489 e. The van der Waals surface area contributed by atoms with E-state index in [-0.39, 0.29) is 45.8 Å². The van der Waals surface area contributed by atoms with Gasteiger partial charge in [0.15, 0.2) is 11.5 Å². The van der Waals surface area contributed by atoms with Crippen LogP contribution >= 0.6 is 23.2 Å². The van der Waals surface area contributed by atoms with Gasteiger partial charge in [-0.2, -0.15) is 13.1 Å². The van der Waals surface area contributed by atoms with Gasteiger partial charge >= 0.3 is 12.6 Å². The van der Waals surface area contributed by atoms with Gasteiger partial charge in [-0.15, -0.1) is 0 Å². The molecular weight excluding hydrogens is 613 g/mol. The molecule has 8 nitrogen and oxygen atoms in total. The third kappa shape index (κ3) is 7.14. The van der Waals surface area contributed by atoms with Crippen LogP contribution in [0.4, 0.5) is 8.78 Å². The molecule has 1 aromatic heterocycles. The molecule has 2 heterocycles. The second kappa shape index (κ2) is 13.1. The largest absolute Gasteiger partial charge is 0.489 e. The Hall–Kier alpha value is -2.99. The van der Waals surface area contributed by atoms with Crippen LogP contribution in [0.5, 0.6) is 11.5 Å². The molecule has 1 saturated carbocycles. The number of benzene rings is 2. The molecule has 224 valence electrons. The van der Waals surface area contributed by atoms with Crippen molar-refractivity contribution in [3.63, 3.8) is 0 Å². The molecule has 2 aliphatic rings. The number of hydrogen-bond donors (Lipinski definition) is 0. The number of carbonyl (C=O) groups is 1. The molecule has 2 aromatic carbocycles. The maximum atomic E-state index is 13.6. The molecule has 0 radical (unpaired) electrons. The van der Waals surface area contributed by atoms with E-state index in [0.29, 0.717) is 30.1 Å². The summed E-state index contributed by atoms with van der Waals surface area (Å²) in [6.45, 7) is -2.59. The average molecular weight is 642 g/mol. The Morgan fingerprint density at radius 2 is 1.74 bits per heavy atom. The Bertz CT molecular complexity index is 1510. The van der Waals surface area contributed by atoms with Crippen LogP contribution in [0.15, 0.2) is 65.8 Å². The van der Waals surface area contributed by atoms with E-state index in [1.807, 2.05) is 0 Å². The first-order chi connectivity index (χ1) is 20.1. The van der Waals surface area contributed by atoms with Crippen LogP contribution in [-0.2, 0) is 26.0 Å². The quantitative estimate of drug-likeness (QED) is 0.210. The minimum absolute atomic E-state index is 0.00119. The maximum Gasteiger partial charge on any atom is 0.387 e. The van der Waals surface area contributed by atoms with Gasteiger partial charge in [-0.25, -0.2) is 8.42 Å². The number of carbonyl (C=O) groups excluding carboxylic acids is 1. The summed E-state index contributed by atoms with van der Waals surface area (Å²) in [5, 5.41) is 0.473. The monoisotopic (exact) mass is 640 g/mol. The van der Waals surface area contributed by atoms with Crippen molar-refractivity contribution in [3.05, 3.63) is 82.1 Å². The van der Waals surface area contributed by atoms with Gasteiger partial charge in [0.1, 0.15) is 12.1 Å². The smallest absolute Gasteiger partial charge is 0.387 e. The Kier molecular flexibility index (Phi) is 9.51. The zero-order valence-electron chi connectivity index (χ0n) is 22.3. The molecule has 3 aromatic rings. The fraction of sp³-hybridized carbons (Fsp3) is 0.379. The lowest BCUT2D eigenvalue weighted by atomic mass is 10.0. The van der Waals surface area contributed by atoms with Crippen molar-refractivity contribution >= 4 is 39.2 Å². The van der Waals surface area contributed by atoms with Crippen molar-refractivity contribution in [1.29, 1.82) is 0 Å². The van der Waals surface area contributed by atoms with E-state index in [9.17, 15) is 22.0 Å². The molecule has 1 saturated heterocycles. The molecule has 0 bridgehead atoms. The zero-order valence-corrected chi connectivity index (χ0v) is 24.6. The number of halogens is 4. The highest BCUT2D eigenvalue weighted by Gasteiger charge is 2.41. The van der Waals surface area contributed by atoms with Crippen LogP contribution in [0.1, 0.15) is 42.9 Å². The minimum atomic E-state index is -3.96. The van der Waals surface area contributed by atoms with Crippen molar-refractivity contribution in [2.75, 3.05) is 13.2 Å². The molecule has 13 heteroatoms. The summed E-state index contributed by atoms with van der Waals surface area (Å²) in [5.41, 5.74) is 0.842. The molecular formula is C29H28Cl2F2N2O6S. The lowest BCUT2D eigenvalue weighted by Gasteiger charge is -2.26. The SMILES string of the molecule is O=C(OC(Cc1c(Cl)cncc1Cl)c1ccc(OC(F)F)c(OCC2CC2)c1)C1CCCN1S(=O)(=O)c1ccccc1. The number of alkyl halides is 2. The Morgan fingerprint density at radius 1 is 1.02 bits per heavy atom. The van der Waals surface area contributed by atoms with Gasteiger partial charge in [-0.1, -0.05) is 47.5 Å². The zero-order chi connectivity index (χ0) is 29.9. The molecule has 42 heavy (non-hydrogen) atoms. The van der Waals surface area contributed by atoms with Crippen LogP contribution in [0.3, 0.4) is 0 Å². The number of aromatic nitrogens is 1. The highest BCUT2D eigenvalue weighted by molar-refractivity contribution is 7.89. The summed E-state index contributed by atoms with van der Waals surface area (Å²) in [5.74, 6) is -0.514. The Balaban J connectivity index is 1.46. The first-order valence-corrected chi connectivity index (χ1v) is 15.6. The summed E-state index contributed by atoms with van der Waals surface area (Å²) in [6.07, 6.45) is 4.47. The lowest BCUT2D eigenvalue weighted by Crippen LogP contribution is -2.41. The highest BCUT2D eigenvalue weighted by Crippen LogP contribution is 2.38. The van der Waals surface area contributed by atoms with Gasteiger partial charge in [-0.05, 0) is 67.0 Å². The summed E-state index contributed by atoms with van der Waals surface area (Å²) in [4.78, 5) is 17.7. The van der Waals surface area contributed by atoms with E-state index in [1.165, 1.54) is 42.7 Å². The molecule has 0 N–H and O–H groups in total. The second-order valence-electron chi connectivity index (χ2n) is 10.1. The number of pyridine rings is 1. The van der Waals surface area contributed by atoms with Crippen LogP contribution in [-0.4, -0.2) is 49.5 Å². The molecule has 5 rings (SSSR count). The predicted molar refractivity (Wildman–Crippen MR) is 151 cm³/mol. The van der Waals surface area contributed by atoms with Gasteiger partial charge in [0.25, 0.3) is 0 Å². The van der Waals surface area contributed by atoms with Gasteiger partial charge < -0.3 is 14.2 Å². The fourth-order valence-electron chi connectivity index (χ4n) is 4.78. The van der Waals surface area contributed by atoms with Crippen LogP contribution < -0.4 is 9.47 Å². The normalized spacial score (nSPS) is 18.2. The topological polar surface area (TPSA) is 95.0 Å². The standard InChI is InChI=1S/C29H28Cl2F2N2O6S/c30-22-15-34-16-23(31)21(22)14-26(19-10-11-25(41-29(32)33)27(13-19)39-17-18-8-9-18)40-28(36)24-7-4-12-35(24)42(37,38)20-5-2-1-3-6-20/h1-3,5-6,10-11,13,15-16,18,24,26,29H,4,7-9,12,14,17H2. The van der Waals surface area contributed by atoms with Crippen LogP contribution in [0, 0.1) is 5.92 Å². The molecule has 1 aliphatic carbocycles. The summed E-state index contributed by atoms with van der Waals surface area (Å²) >= 11 is 12.8. The average Bonchev–Trinajstić information content (AvgIpc) is 3.65. The second-order valence-corrected chi connectivity index (χ2v) is 12.8. The Labute approximate surface area is 252 Å². The molecule has 2 unspecified atom stereocenters. The van der Waals surface area contributed by atoms with Crippen molar-refractivity contribution in [2.24, 2.45) is 5.92 Å². The number of esters is 1. The van der Waals surface area contributed by atoms with E-state index in [4.69, 9.17) is 32.7 Å². The summed E-state index contributed by atoms with van der Waals surface area (Å²) < 4.78 is 70.6. The van der Waals surface area contributed by atoms with Crippen LogP contribution in [0.2, 0.25) is 10.0 Å². The van der Waals surface area contributed by atoms with Crippen molar-refractivity contribution in [1.82, 2.24) is 9.29 Å². The molecule has 0 amide bonds. The highest BCUT2D eigenvalue weighted by atomic mass is 35.5. The third-order valence-corrected chi connectivity index (χ3v) is 9.73. The first-order valence-electron chi connectivity index (χ1n) is 13.4. The molecule has 0 spiro atoms. The van der Waals surface area contributed by atoms with E-state index in [2.05, 4.69) is 9.72 Å². The van der Waals surface area contributed by atoms with Crippen LogP contribution in [0.25, 0.3) is 0 Å². The number of sulfonamides is 1. The van der Waals surface area contributed by atoms with E-state index >= 15 is 0 Å². The van der Waals surface area contributed by atoms with Crippen molar-refractivity contribution < 1.29 is 36.2 Å². The van der Waals surface area contributed by atoms with E-state index in [0.717, 1.165) is 17.1 Å². The Morgan fingerprint density at radius 3 is 2.40 bits per heavy atom.